The summed E-state index contributed by atoms with van der Waals surface area (Å²) in [4.78, 5) is 34.9. The first-order valence-corrected chi connectivity index (χ1v) is 6.08. The van der Waals surface area contributed by atoms with E-state index in [0.717, 1.165) is 0 Å². The van der Waals surface area contributed by atoms with E-state index >= 15 is 0 Å². The zero-order valence-electron chi connectivity index (χ0n) is 10.8. The summed E-state index contributed by atoms with van der Waals surface area (Å²) in [7, 11) is 0. The van der Waals surface area contributed by atoms with Gasteiger partial charge in [0.15, 0.2) is 0 Å². The lowest BCUT2D eigenvalue weighted by Gasteiger charge is -2.58. The van der Waals surface area contributed by atoms with Crippen LogP contribution in [0.3, 0.4) is 0 Å². The van der Waals surface area contributed by atoms with Crippen LogP contribution in [0.15, 0.2) is 0 Å². The highest BCUT2D eigenvalue weighted by Crippen LogP contribution is 2.62. The Morgan fingerprint density at radius 1 is 1.17 bits per heavy atom. The maximum absolute atomic E-state index is 12.1. The van der Waals surface area contributed by atoms with E-state index in [4.69, 9.17) is 0 Å². The normalized spacial score (nSPS) is 41.7. The van der Waals surface area contributed by atoms with E-state index < -0.39 is 40.5 Å². The van der Waals surface area contributed by atoms with Crippen LogP contribution in [0.4, 0.5) is 0 Å². The monoisotopic (exact) mass is 254 g/mol. The predicted molar refractivity (Wildman–Crippen MR) is 61.9 cm³/mol. The summed E-state index contributed by atoms with van der Waals surface area (Å²) in [6.07, 6.45) is 0.763. The Morgan fingerprint density at radius 3 is 2.11 bits per heavy atom. The Morgan fingerprint density at radius 2 is 1.72 bits per heavy atom. The third kappa shape index (κ3) is 1.56. The first kappa shape index (κ1) is 13.1. The maximum atomic E-state index is 12.1. The molecule has 0 spiro atoms. The smallest absolute Gasteiger partial charge is 0.308 e. The molecule has 0 heterocycles. The highest BCUT2D eigenvalue weighted by Gasteiger charge is 2.65. The van der Waals surface area contributed by atoms with Crippen molar-refractivity contribution in [3.05, 3.63) is 0 Å². The molecule has 18 heavy (non-hydrogen) atoms. The third-order valence-corrected chi connectivity index (χ3v) is 4.65. The average Bonchev–Trinajstić information content (AvgIpc) is 2.10. The van der Waals surface area contributed by atoms with Crippen molar-refractivity contribution in [2.45, 2.75) is 33.6 Å². The van der Waals surface area contributed by atoms with Gasteiger partial charge in [0.2, 0.25) is 0 Å². The summed E-state index contributed by atoms with van der Waals surface area (Å²) in [5.74, 6) is -5.11. The van der Waals surface area contributed by atoms with Gasteiger partial charge in [0, 0.05) is 12.3 Å². The molecule has 0 aromatic heterocycles. The SMILES string of the molecule is CC1(C)C[C@]2(C)CC(=O)[C@H]1[C@H](C(=O)O)[C@@H]2C(=O)O. The number of carboxylic acids is 2. The summed E-state index contributed by atoms with van der Waals surface area (Å²) >= 11 is 0. The van der Waals surface area contributed by atoms with E-state index in [1.807, 2.05) is 13.8 Å². The maximum Gasteiger partial charge on any atom is 0.308 e. The second kappa shape index (κ2) is 3.56. The topological polar surface area (TPSA) is 91.7 Å². The molecule has 3 aliphatic rings. The molecule has 3 rings (SSSR count). The first-order valence-electron chi connectivity index (χ1n) is 6.08. The van der Waals surface area contributed by atoms with Crippen LogP contribution in [0.2, 0.25) is 0 Å². The van der Waals surface area contributed by atoms with Crippen LogP contribution in [0.25, 0.3) is 0 Å². The fourth-order valence-electron chi connectivity index (χ4n) is 4.43. The molecule has 0 aromatic carbocycles. The number of carboxylic acid groups (broad SMARTS) is 2. The summed E-state index contributed by atoms with van der Waals surface area (Å²) in [5.41, 5.74) is -1.19. The lowest BCUT2D eigenvalue weighted by molar-refractivity contribution is -0.189. The number of rotatable bonds is 2. The number of fused-ring (bicyclic) bond motifs is 3. The van der Waals surface area contributed by atoms with Gasteiger partial charge in [0.05, 0.1) is 11.8 Å². The average molecular weight is 254 g/mol. The van der Waals surface area contributed by atoms with E-state index in [0.29, 0.717) is 6.42 Å². The standard InChI is InChI=1S/C13H18O5/c1-12(2)5-13(3)4-6(14)8(12)7(10(15)16)9(13)11(17)18/h7-9H,4-5H2,1-3H3,(H,15,16)(H,17,18)/t7-,8-,9+,13-/m0/s1. The molecule has 3 saturated carbocycles. The van der Waals surface area contributed by atoms with Gasteiger partial charge < -0.3 is 10.2 Å². The minimum Gasteiger partial charge on any atom is -0.481 e. The van der Waals surface area contributed by atoms with E-state index in [1.54, 1.807) is 6.92 Å². The zero-order chi connectivity index (χ0) is 13.9. The third-order valence-electron chi connectivity index (χ3n) is 4.65. The molecule has 100 valence electrons. The number of carbonyl (C=O) groups is 3. The number of hydrogen-bond donors (Lipinski definition) is 2. The van der Waals surface area contributed by atoms with Crippen LogP contribution in [0.5, 0.6) is 0 Å². The van der Waals surface area contributed by atoms with Gasteiger partial charge in [0.25, 0.3) is 0 Å². The molecule has 2 N–H and O–H groups in total. The van der Waals surface area contributed by atoms with Crippen molar-refractivity contribution in [1.82, 2.24) is 0 Å². The molecular weight excluding hydrogens is 236 g/mol. The fourth-order valence-corrected chi connectivity index (χ4v) is 4.43. The molecule has 2 bridgehead atoms. The van der Waals surface area contributed by atoms with Crippen LogP contribution in [-0.2, 0) is 14.4 Å². The minimum absolute atomic E-state index is 0.0985. The van der Waals surface area contributed by atoms with E-state index in [1.165, 1.54) is 0 Å². The number of carbonyl (C=O) groups excluding carboxylic acids is 1. The summed E-state index contributed by atoms with van der Waals surface area (Å²) in [5, 5.41) is 18.7. The fraction of sp³-hybridized carbons (Fsp3) is 0.769. The number of hydrogen-bond acceptors (Lipinski definition) is 3. The highest BCUT2D eigenvalue weighted by atomic mass is 16.4. The van der Waals surface area contributed by atoms with Crippen molar-refractivity contribution >= 4 is 17.7 Å². The lowest BCUT2D eigenvalue weighted by Crippen LogP contribution is -2.62. The van der Waals surface area contributed by atoms with Crippen LogP contribution >= 0.6 is 0 Å². The van der Waals surface area contributed by atoms with Crippen molar-refractivity contribution in [3.63, 3.8) is 0 Å². The van der Waals surface area contributed by atoms with Gasteiger partial charge >= 0.3 is 11.9 Å². The van der Waals surface area contributed by atoms with Crippen LogP contribution in [0.1, 0.15) is 33.6 Å². The van der Waals surface area contributed by atoms with Gasteiger partial charge in [-0.1, -0.05) is 20.8 Å². The first-order chi connectivity index (χ1) is 8.10. The van der Waals surface area contributed by atoms with Gasteiger partial charge in [-0.15, -0.1) is 0 Å². The molecule has 0 aliphatic heterocycles. The Bertz CT molecular complexity index is 437. The van der Waals surface area contributed by atoms with Crippen LogP contribution < -0.4 is 0 Å². The van der Waals surface area contributed by atoms with E-state index in [9.17, 15) is 24.6 Å². The van der Waals surface area contributed by atoms with Gasteiger partial charge in [0.1, 0.15) is 5.78 Å². The molecule has 3 fully saturated rings. The molecule has 4 atom stereocenters. The van der Waals surface area contributed by atoms with Crippen molar-refractivity contribution < 1.29 is 24.6 Å². The van der Waals surface area contributed by atoms with E-state index in [-0.39, 0.29) is 12.2 Å². The van der Waals surface area contributed by atoms with Crippen LogP contribution in [-0.4, -0.2) is 27.9 Å². The minimum atomic E-state index is -1.17. The molecule has 3 aliphatic carbocycles. The highest BCUT2D eigenvalue weighted by molar-refractivity contribution is 5.94. The predicted octanol–water partition coefficient (Wildman–Crippen LogP) is 1.41. The molecular formula is C13H18O5. The molecule has 0 radical (unpaired) electrons. The molecule has 5 heteroatoms. The molecule has 0 unspecified atom stereocenters. The van der Waals surface area contributed by atoms with Crippen molar-refractivity contribution in [2.24, 2.45) is 28.6 Å². The van der Waals surface area contributed by atoms with Crippen molar-refractivity contribution in [3.8, 4) is 0 Å². The largest absolute Gasteiger partial charge is 0.481 e. The Labute approximate surface area is 105 Å². The molecule has 0 aromatic rings. The van der Waals surface area contributed by atoms with Gasteiger partial charge in [-0.05, 0) is 17.3 Å². The van der Waals surface area contributed by atoms with E-state index in [2.05, 4.69) is 0 Å². The van der Waals surface area contributed by atoms with Gasteiger partial charge in [-0.25, -0.2) is 0 Å². The molecule has 0 saturated heterocycles. The molecule has 5 nitrogen and oxygen atoms in total. The summed E-state index contributed by atoms with van der Waals surface area (Å²) in [6, 6.07) is 0. The Kier molecular flexibility index (Phi) is 2.58. The Hall–Kier alpha value is -1.39. The lowest BCUT2D eigenvalue weighted by atomic mass is 9.43. The summed E-state index contributed by atoms with van der Waals surface area (Å²) in [6.45, 7) is 5.46. The van der Waals surface area contributed by atoms with Gasteiger partial charge in [-0.2, -0.15) is 0 Å². The van der Waals surface area contributed by atoms with Crippen molar-refractivity contribution in [1.29, 1.82) is 0 Å². The Balaban J connectivity index is 2.58. The number of ketones is 1. The van der Waals surface area contributed by atoms with Gasteiger partial charge in [-0.3, -0.25) is 14.4 Å². The van der Waals surface area contributed by atoms with Crippen molar-refractivity contribution in [2.75, 3.05) is 0 Å². The summed E-state index contributed by atoms with van der Waals surface area (Å²) < 4.78 is 0. The molecule has 0 amide bonds. The van der Waals surface area contributed by atoms with Crippen LogP contribution in [0, 0.1) is 28.6 Å². The zero-order valence-corrected chi connectivity index (χ0v) is 10.8. The second-order valence-electron chi connectivity index (χ2n) is 6.62. The quantitative estimate of drug-likeness (QED) is 0.777. The second-order valence-corrected chi connectivity index (χ2v) is 6.62. The number of Topliss-reactive ketones (excluding diaryl/α,β-unsaturated/α-hetero) is 1. The number of aliphatic carboxylic acids is 2.